The van der Waals surface area contributed by atoms with Gasteiger partial charge in [-0.3, -0.25) is 0 Å². The van der Waals surface area contributed by atoms with Gasteiger partial charge < -0.3 is 0 Å². The van der Waals surface area contributed by atoms with Crippen LogP contribution < -0.4 is 0 Å². The maximum absolute atomic E-state index is 3.11. The van der Waals surface area contributed by atoms with E-state index in [9.17, 15) is 0 Å². The zero-order valence-electron chi connectivity index (χ0n) is 17.7. The molecule has 150 valence electrons. The van der Waals surface area contributed by atoms with Gasteiger partial charge in [0.1, 0.15) is 0 Å². The molecule has 0 bridgehead atoms. The van der Waals surface area contributed by atoms with Crippen molar-refractivity contribution in [1.82, 2.24) is 0 Å². The molecule has 0 heterocycles. The molecule has 0 saturated heterocycles. The SMILES string of the molecule is C(C#Cc1ccc(/C=C/c2ccccc2)cc1)#Cc1ccc(/C=C/c2ccccc2)cc1. The van der Waals surface area contributed by atoms with Crippen LogP contribution in [0.5, 0.6) is 0 Å². The summed E-state index contributed by atoms with van der Waals surface area (Å²) in [4.78, 5) is 0. The van der Waals surface area contributed by atoms with Crippen LogP contribution in [-0.2, 0) is 0 Å². The first-order valence-corrected chi connectivity index (χ1v) is 10.5. The average Bonchev–Trinajstić information content (AvgIpc) is 2.87. The van der Waals surface area contributed by atoms with E-state index in [0.717, 1.165) is 22.3 Å². The van der Waals surface area contributed by atoms with Crippen LogP contribution in [0.1, 0.15) is 33.4 Å². The smallest absolute Gasteiger partial charge is 0.0255 e. The molecule has 0 nitrogen and oxygen atoms in total. The summed E-state index contributed by atoms with van der Waals surface area (Å²) in [6, 6.07) is 36.9. The molecule has 32 heavy (non-hydrogen) atoms. The minimum Gasteiger partial charge on any atom is -0.0622 e. The van der Waals surface area contributed by atoms with Crippen molar-refractivity contribution >= 4 is 24.3 Å². The topological polar surface area (TPSA) is 0 Å². The maximum atomic E-state index is 3.11. The number of hydrogen-bond donors (Lipinski definition) is 0. The minimum atomic E-state index is 0.956. The van der Waals surface area contributed by atoms with Crippen LogP contribution >= 0.6 is 0 Å². The Balaban J connectivity index is 1.34. The van der Waals surface area contributed by atoms with Crippen molar-refractivity contribution < 1.29 is 0 Å². The first-order valence-electron chi connectivity index (χ1n) is 10.5. The molecule has 0 aromatic heterocycles. The maximum Gasteiger partial charge on any atom is 0.0255 e. The highest BCUT2D eigenvalue weighted by Gasteiger charge is 1.91. The van der Waals surface area contributed by atoms with Crippen LogP contribution in [0.4, 0.5) is 0 Å². The lowest BCUT2D eigenvalue weighted by atomic mass is 10.1. The second-order valence-electron chi connectivity index (χ2n) is 7.23. The summed E-state index contributed by atoms with van der Waals surface area (Å²) in [5, 5.41) is 0. The van der Waals surface area contributed by atoms with Gasteiger partial charge in [-0.1, -0.05) is 121 Å². The van der Waals surface area contributed by atoms with Crippen molar-refractivity contribution in [3.63, 3.8) is 0 Å². The molecule has 0 aliphatic heterocycles. The summed E-state index contributed by atoms with van der Waals surface area (Å²) in [5.41, 5.74) is 6.58. The second kappa shape index (κ2) is 11.0. The normalized spacial score (nSPS) is 10.4. The first kappa shape index (κ1) is 20.7. The van der Waals surface area contributed by atoms with Crippen molar-refractivity contribution in [3.8, 4) is 23.7 Å². The molecule has 0 spiro atoms. The van der Waals surface area contributed by atoms with Crippen LogP contribution in [0.15, 0.2) is 109 Å². The van der Waals surface area contributed by atoms with E-state index in [-0.39, 0.29) is 0 Å². The van der Waals surface area contributed by atoms with Crippen LogP contribution in [0.25, 0.3) is 24.3 Å². The lowest BCUT2D eigenvalue weighted by molar-refractivity contribution is 1.61. The Kier molecular flexibility index (Phi) is 7.15. The summed E-state index contributed by atoms with van der Waals surface area (Å²) < 4.78 is 0. The van der Waals surface area contributed by atoms with Crippen molar-refractivity contribution in [1.29, 1.82) is 0 Å². The summed E-state index contributed by atoms with van der Waals surface area (Å²) >= 11 is 0. The van der Waals surface area contributed by atoms with Gasteiger partial charge in [-0.15, -0.1) is 0 Å². The largest absolute Gasteiger partial charge is 0.0622 e. The van der Waals surface area contributed by atoms with Gasteiger partial charge in [0.25, 0.3) is 0 Å². The first-order chi connectivity index (χ1) is 15.8. The van der Waals surface area contributed by atoms with Gasteiger partial charge in [-0.25, -0.2) is 0 Å². The van der Waals surface area contributed by atoms with Crippen molar-refractivity contribution in [2.75, 3.05) is 0 Å². The van der Waals surface area contributed by atoms with E-state index in [0.29, 0.717) is 0 Å². The summed E-state index contributed by atoms with van der Waals surface area (Å²) in [7, 11) is 0. The Hall–Kier alpha value is -4.52. The van der Waals surface area contributed by atoms with E-state index in [4.69, 9.17) is 0 Å². The Morgan fingerprint density at radius 3 is 1.00 bits per heavy atom. The zero-order chi connectivity index (χ0) is 21.8. The molecule has 0 amide bonds. The van der Waals surface area contributed by atoms with Crippen molar-refractivity contribution in [3.05, 3.63) is 143 Å². The number of hydrogen-bond acceptors (Lipinski definition) is 0. The van der Waals surface area contributed by atoms with Crippen LogP contribution in [0.3, 0.4) is 0 Å². The molecule has 0 N–H and O–H groups in total. The Morgan fingerprint density at radius 1 is 0.344 bits per heavy atom. The second-order valence-corrected chi connectivity index (χ2v) is 7.23. The monoisotopic (exact) mass is 406 g/mol. The fourth-order valence-corrected chi connectivity index (χ4v) is 3.08. The quantitative estimate of drug-likeness (QED) is 0.244. The zero-order valence-corrected chi connectivity index (χ0v) is 17.7. The van der Waals surface area contributed by atoms with E-state index in [1.807, 2.05) is 60.7 Å². The van der Waals surface area contributed by atoms with Gasteiger partial charge in [-0.05, 0) is 58.4 Å². The molecule has 0 saturated carbocycles. The highest BCUT2D eigenvalue weighted by atomic mass is 14.0. The van der Waals surface area contributed by atoms with E-state index >= 15 is 0 Å². The molecule has 0 aliphatic carbocycles. The van der Waals surface area contributed by atoms with E-state index in [2.05, 4.69) is 96.5 Å². The third kappa shape index (κ3) is 6.50. The Labute approximate surface area is 190 Å². The third-order valence-electron chi connectivity index (χ3n) is 4.83. The number of benzene rings is 4. The van der Waals surface area contributed by atoms with Crippen molar-refractivity contribution in [2.45, 2.75) is 0 Å². The molecule has 0 radical (unpaired) electrons. The summed E-state index contributed by atoms with van der Waals surface area (Å²) in [6.45, 7) is 0. The molecule has 4 rings (SSSR count). The fourth-order valence-electron chi connectivity index (χ4n) is 3.08. The average molecular weight is 407 g/mol. The lowest BCUT2D eigenvalue weighted by Crippen LogP contribution is -1.77. The molecule has 4 aromatic carbocycles. The predicted molar refractivity (Wildman–Crippen MR) is 137 cm³/mol. The lowest BCUT2D eigenvalue weighted by Gasteiger charge is -1.95. The number of rotatable bonds is 4. The molecule has 4 aromatic rings. The van der Waals surface area contributed by atoms with E-state index < -0.39 is 0 Å². The summed E-state index contributed by atoms with van der Waals surface area (Å²) in [6.07, 6.45) is 8.42. The van der Waals surface area contributed by atoms with Crippen LogP contribution in [0, 0.1) is 23.7 Å². The van der Waals surface area contributed by atoms with Gasteiger partial charge >= 0.3 is 0 Å². The Bertz CT molecular complexity index is 1210. The van der Waals surface area contributed by atoms with Crippen LogP contribution in [0.2, 0.25) is 0 Å². The third-order valence-corrected chi connectivity index (χ3v) is 4.83. The van der Waals surface area contributed by atoms with Crippen LogP contribution in [-0.4, -0.2) is 0 Å². The predicted octanol–water partition coefficient (Wildman–Crippen LogP) is 7.43. The van der Waals surface area contributed by atoms with Gasteiger partial charge in [0, 0.05) is 11.1 Å². The highest BCUT2D eigenvalue weighted by molar-refractivity contribution is 5.70. The van der Waals surface area contributed by atoms with Crippen molar-refractivity contribution in [2.24, 2.45) is 0 Å². The van der Waals surface area contributed by atoms with E-state index in [1.165, 1.54) is 11.1 Å². The molecular weight excluding hydrogens is 384 g/mol. The highest BCUT2D eigenvalue weighted by Crippen LogP contribution is 2.10. The molecule has 0 fully saturated rings. The fraction of sp³-hybridized carbons (Fsp3) is 0. The molecular formula is C32H22. The minimum absolute atomic E-state index is 0.956. The van der Waals surface area contributed by atoms with Gasteiger partial charge in [0.2, 0.25) is 0 Å². The Morgan fingerprint density at radius 2 is 0.656 bits per heavy atom. The molecule has 0 aliphatic rings. The molecule has 0 atom stereocenters. The van der Waals surface area contributed by atoms with Gasteiger partial charge in [0.15, 0.2) is 0 Å². The van der Waals surface area contributed by atoms with Gasteiger partial charge in [0.05, 0.1) is 0 Å². The molecule has 0 heteroatoms. The van der Waals surface area contributed by atoms with E-state index in [1.54, 1.807) is 0 Å². The van der Waals surface area contributed by atoms with Gasteiger partial charge in [-0.2, -0.15) is 0 Å². The summed E-state index contributed by atoms with van der Waals surface area (Å²) in [5.74, 6) is 12.1. The molecule has 0 unspecified atom stereocenters. The standard InChI is InChI=1S/C32H22/c1-3-9-27(10-4-1)15-21-31-23-17-29(18-24-31)13-7-8-14-30-19-25-32(26-20-30)22-16-28-11-5-2-6-12-28/h1-6,9-12,15-26H/b21-15+,22-16+.